The minimum atomic E-state index is -1.43. The predicted molar refractivity (Wildman–Crippen MR) is 185 cm³/mol. The second-order valence-electron chi connectivity index (χ2n) is 12.2. The molecule has 0 fully saturated rings. The number of aliphatic hydroxyl groups is 2. The van der Waals surface area contributed by atoms with E-state index in [0.717, 1.165) is 16.7 Å². The number of nitrogens with zero attached hydrogens (tertiary/aromatic N) is 2. The van der Waals surface area contributed by atoms with Gasteiger partial charge in [-0.15, -0.1) is 0 Å². The molecule has 3 aromatic carbocycles. The molecule has 5 rings (SSSR count). The van der Waals surface area contributed by atoms with Gasteiger partial charge in [0.25, 0.3) is 5.91 Å². The van der Waals surface area contributed by atoms with Crippen LogP contribution < -0.4 is 40.0 Å². The van der Waals surface area contributed by atoms with E-state index in [1.807, 2.05) is 73.0 Å². The van der Waals surface area contributed by atoms with Gasteiger partial charge in [-0.05, 0) is 54.8 Å². The normalized spacial score (nSPS) is 12.5. The van der Waals surface area contributed by atoms with Crippen molar-refractivity contribution in [3.05, 3.63) is 119 Å². The Bertz CT molecular complexity index is 1960. The van der Waals surface area contributed by atoms with Crippen LogP contribution in [0.3, 0.4) is 0 Å². The fraction of sp³-hybridized carbons (Fsp3) is 0.256. The van der Waals surface area contributed by atoms with Crippen molar-refractivity contribution in [2.45, 2.75) is 58.1 Å². The zero-order valence-corrected chi connectivity index (χ0v) is 31.0. The molecule has 3 N–H and O–H groups in total. The molecule has 0 aliphatic rings. The average molecular weight is 704 g/mol. The van der Waals surface area contributed by atoms with E-state index in [-0.39, 0.29) is 48.6 Å². The molecule has 0 spiro atoms. The first-order valence-electron chi connectivity index (χ1n) is 16.2. The van der Waals surface area contributed by atoms with Gasteiger partial charge in [0.2, 0.25) is 0 Å². The first-order valence-corrected chi connectivity index (χ1v) is 16.2. The Balaban J connectivity index is 0.00000583. The molecule has 2 heterocycles. The SMILES string of the molecule is COCc1cccc(-c2cc(CNC(=O)c3c(-c4ccccc4)c(-c4ccc(F)cc4)c(/C=C/[C@@H](O)C[C@@H](O)CC(=O)[O-])n3C(C)C)no2)c1.[Na+]. The molecule has 0 bridgehead atoms. The van der Waals surface area contributed by atoms with Crippen molar-refractivity contribution >= 4 is 18.0 Å². The molecule has 2 aromatic heterocycles. The van der Waals surface area contributed by atoms with E-state index >= 15 is 0 Å². The van der Waals surface area contributed by atoms with Crippen molar-refractivity contribution in [2.24, 2.45) is 0 Å². The first-order chi connectivity index (χ1) is 24.0. The number of rotatable bonds is 15. The molecular formula is C39H39FN3NaO7. The number of benzene rings is 3. The molecule has 0 radical (unpaired) electrons. The number of carbonyl (C=O) groups is 2. The minimum absolute atomic E-state index is 0. The Morgan fingerprint density at radius 3 is 2.33 bits per heavy atom. The monoisotopic (exact) mass is 703 g/mol. The summed E-state index contributed by atoms with van der Waals surface area (Å²) in [5, 5.41) is 38.9. The number of aliphatic carboxylic acids is 1. The van der Waals surface area contributed by atoms with E-state index in [1.165, 1.54) is 18.2 Å². The molecule has 10 nitrogen and oxygen atoms in total. The summed E-state index contributed by atoms with van der Waals surface area (Å²) in [6.07, 6.45) is -0.317. The predicted octanol–water partition coefficient (Wildman–Crippen LogP) is 2.54. The molecule has 0 saturated carbocycles. The molecule has 0 aliphatic heterocycles. The molecule has 5 aromatic rings. The van der Waals surface area contributed by atoms with Crippen LogP contribution in [-0.4, -0.2) is 51.1 Å². The maximum Gasteiger partial charge on any atom is 1.00 e. The molecule has 0 saturated heterocycles. The summed E-state index contributed by atoms with van der Waals surface area (Å²) >= 11 is 0. The quantitative estimate of drug-likeness (QED) is 0.141. The maximum atomic E-state index is 14.3. The van der Waals surface area contributed by atoms with Crippen molar-refractivity contribution < 1.29 is 68.1 Å². The van der Waals surface area contributed by atoms with E-state index < -0.39 is 36.3 Å². The Morgan fingerprint density at radius 1 is 0.980 bits per heavy atom. The van der Waals surface area contributed by atoms with Crippen LogP contribution in [0.2, 0.25) is 0 Å². The Labute approximate surface area is 317 Å². The zero-order chi connectivity index (χ0) is 35.8. The smallest absolute Gasteiger partial charge is 0.550 e. The van der Waals surface area contributed by atoms with Crippen LogP contribution in [0.4, 0.5) is 4.39 Å². The van der Waals surface area contributed by atoms with Crippen molar-refractivity contribution in [2.75, 3.05) is 7.11 Å². The first kappa shape index (κ1) is 39.4. The summed E-state index contributed by atoms with van der Waals surface area (Å²) in [6.45, 7) is 4.34. The molecule has 0 unspecified atom stereocenters. The Kier molecular flexibility index (Phi) is 14.1. The molecule has 260 valence electrons. The standard InChI is InChI=1S/C39H40FN3O7.Na/c1-24(2)43-33(17-16-31(44)20-32(45)21-35(46)47)36(27-12-14-29(40)15-13-27)37(26-9-5-4-6-10-26)38(43)39(48)41-22-30-19-34(50-42-30)28-11-7-8-25(18-28)23-49-3;/h4-19,24,31-32,44-45H,20-23H2,1-3H3,(H,41,48)(H,46,47);/q;+1/p-1/b17-16+;/t31-,32-;/m1./s1. The van der Waals surface area contributed by atoms with Crippen LogP contribution in [0.25, 0.3) is 39.7 Å². The molecule has 2 atom stereocenters. The van der Waals surface area contributed by atoms with Crippen LogP contribution in [0.5, 0.6) is 0 Å². The van der Waals surface area contributed by atoms with E-state index in [9.17, 15) is 29.3 Å². The number of carboxylic acid groups (broad SMARTS) is 1. The van der Waals surface area contributed by atoms with Gasteiger partial charge in [0.15, 0.2) is 5.76 Å². The van der Waals surface area contributed by atoms with Gasteiger partial charge in [0.1, 0.15) is 17.2 Å². The molecule has 1 amide bonds. The number of aromatic nitrogens is 2. The van der Waals surface area contributed by atoms with E-state index in [2.05, 4.69) is 10.5 Å². The second-order valence-corrected chi connectivity index (χ2v) is 12.2. The zero-order valence-electron chi connectivity index (χ0n) is 29.0. The number of nitrogens with one attached hydrogen (secondary N) is 1. The number of aliphatic hydroxyl groups excluding tert-OH is 2. The summed E-state index contributed by atoms with van der Waals surface area (Å²) in [4.78, 5) is 25.3. The van der Waals surface area contributed by atoms with Crippen LogP contribution >= 0.6 is 0 Å². The van der Waals surface area contributed by atoms with Crippen LogP contribution in [0.1, 0.15) is 60.2 Å². The van der Waals surface area contributed by atoms with Gasteiger partial charge in [0.05, 0.1) is 25.4 Å². The van der Waals surface area contributed by atoms with E-state index in [1.54, 1.807) is 31.4 Å². The number of amides is 1. The van der Waals surface area contributed by atoms with Crippen molar-refractivity contribution in [3.63, 3.8) is 0 Å². The van der Waals surface area contributed by atoms with Crippen molar-refractivity contribution in [3.8, 4) is 33.6 Å². The van der Waals surface area contributed by atoms with Gasteiger partial charge in [0, 0.05) is 60.4 Å². The molecule has 0 aliphatic carbocycles. The Morgan fingerprint density at radius 2 is 1.67 bits per heavy atom. The number of hydrogen-bond acceptors (Lipinski definition) is 8. The van der Waals surface area contributed by atoms with Gasteiger partial charge in [-0.1, -0.05) is 71.9 Å². The van der Waals surface area contributed by atoms with Crippen LogP contribution in [0, 0.1) is 5.82 Å². The second kappa shape index (κ2) is 18.2. The third kappa shape index (κ3) is 9.91. The fourth-order valence-corrected chi connectivity index (χ4v) is 5.93. The van der Waals surface area contributed by atoms with Crippen molar-refractivity contribution in [1.29, 1.82) is 0 Å². The van der Waals surface area contributed by atoms with Crippen LogP contribution in [0.15, 0.2) is 95.5 Å². The summed E-state index contributed by atoms with van der Waals surface area (Å²) in [5.74, 6) is -1.72. The third-order valence-corrected chi connectivity index (χ3v) is 8.07. The topological polar surface area (TPSA) is 150 Å². The molecule has 12 heteroatoms. The van der Waals surface area contributed by atoms with Gasteiger partial charge in [-0.2, -0.15) is 0 Å². The minimum Gasteiger partial charge on any atom is -0.550 e. The van der Waals surface area contributed by atoms with E-state index in [4.69, 9.17) is 9.26 Å². The number of hydrogen-bond donors (Lipinski definition) is 3. The number of carbonyl (C=O) groups excluding carboxylic acids is 2. The summed E-state index contributed by atoms with van der Waals surface area (Å²) in [5.41, 5.74) is 5.74. The van der Waals surface area contributed by atoms with Gasteiger partial charge >= 0.3 is 29.6 Å². The number of halogens is 1. The van der Waals surface area contributed by atoms with E-state index in [0.29, 0.717) is 46.1 Å². The van der Waals surface area contributed by atoms with Gasteiger partial charge < -0.3 is 39.3 Å². The summed E-state index contributed by atoms with van der Waals surface area (Å²) in [7, 11) is 1.63. The molecular weight excluding hydrogens is 664 g/mol. The van der Waals surface area contributed by atoms with Crippen LogP contribution in [-0.2, 0) is 22.7 Å². The number of ether oxygens (including phenoxy) is 1. The maximum absolute atomic E-state index is 14.3. The third-order valence-electron chi connectivity index (χ3n) is 8.07. The Hall–Kier alpha value is -4.36. The van der Waals surface area contributed by atoms with Gasteiger partial charge in [-0.3, -0.25) is 4.79 Å². The average Bonchev–Trinajstić information content (AvgIpc) is 3.70. The summed E-state index contributed by atoms with van der Waals surface area (Å²) in [6, 6.07) is 24.4. The number of methoxy groups -OCH3 is 1. The largest absolute Gasteiger partial charge is 1.00 e. The molecule has 51 heavy (non-hydrogen) atoms. The fourth-order valence-electron chi connectivity index (χ4n) is 5.93. The summed E-state index contributed by atoms with van der Waals surface area (Å²) < 4.78 is 26.8. The van der Waals surface area contributed by atoms with Crippen molar-refractivity contribution in [1.82, 2.24) is 15.0 Å². The van der Waals surface area contributed by atoms with Gasteiger partial charge in [-0.25, -0.2) is 4.39 Å². The number of carboxylic acids is 1.